The van der Waals surface area contributed by atoms with Crippen LogP contribution in [0.15, 0.2) is 60.0 Å². The van der Waals surface area contributed by atoms with Gasteiger partial charge in [0.1, 0.15) is 18.1 Å². The molecule has 6 nitrogen and oxygen atoms in total. The number of rotatable bonds is 6. The minimum atomic E-state index is -0.611. The lowest BCUT2D eigenvalue weighted by atomic mass is 10.1. The molecule has 1 aliphatic heterocycles. The second-order valence-electron chi connectivity index (χ2n) is 7.03. The molecule has 2 aromatic carbocycles. The van der Waals surface area contributed by atoms with Crippen LogP contribution in [-0.4, -0.2) is 31.1 Å². The van der Waals surface area contributed by atoms with E-state index in [9.17, 15) is 9.59 Å². The molecule has 2 heterocycles. The first kappa shape index (κ1) is 20.0. The van der Waals surface area contributed by atoms with Crippen molar-refractivity contribution in [1.29, 1.82) is 0 Å². The van der Waals surface area contributed by atoms with E-state index in [1.807, 2.05) is 42.6 Å². The molecule has 154 valence electrons. The summed E-state index contributed by atoms with van der Waals surface area (Å²) in [7, 11) is 0. The number of nitrogens with zero attached hydrogens (tertiary/aromatic N) is 1. The molecule has 0 saturated heterocycles. The largest absolute Gasteiger partial charge is 0.492 e. The van der Waals surface area contributed by atoms with E-state index in [1.165, 1.54) is 11.3 Å². The van der Waals surface area contributed by atoms with Crippen LogP contribution in [0.3, 0.4) is 0 Å². The van der Waals surface area contributed by atoms with Crippen LogP contribution < -0.4 is 19.7 Å². The fourth-order valence-corrected chi connectivity index (χ4v) is 3.83. The lowest BCUT2D eigenvalue weighted by Gasteiger charge is -2.33. The van der Waals surface area contributed by atoms with Gasteiger partial charge >= 0.3 is 0 Å². The number of hydrogen-bond acceptors (Lipinski definition) is 5. The molecule has 1 unspecified atom stereocenters. The number of amides is 2. The van der Waals surface area contributed by atoms with Gasteiger partial charge in [0, 0.05) is 11.8 Å². The molecule has 0 aliphatic carbocycles. The monoisotopic (exact) mass is 422 g/mol. The van der Waals surface area contributed by atoms with E-state index in [1.54, 1.807) is 36.1 Å². The quantitative estimate of drug-likeness (QED) is 0.635. The highest BCUT2D eigenvalue weighted by Gasteiger charge is 2.31. The lowest BCUT2D eigenvalue weighted by Crippen LogP contribution is -2.46. The molecule has 0 bridgehead atoms. The number of carbonyl (C=O) groups is 2. The molecule has 4 rings (SSSR count). The third kappa shape index (κ3) is 4.31. The number of aryl methyl sites for hydroxylation is 1. The molecule has 3 aromatic rings. The zero-order valence-corrected chi connectivity index (χ0v) is 17.6. The summed E-state index contributed by atoms with van der Waals surface area (Å²) in [6, 6.07) is 16.7. The van der Waals surface area contributed by atoms with Crippen molar-refractivity contribution in [1.82, 2.24) is 0 Å². The van der Waals surface area contributed by atoms with E-state index in [0.717, 1.165) is 11.3 Å². The fourth-order valence-electron chi connectivity index (χ4n) is 3.21. The van der Waals surface area contributed by atoms with Crippen LogP contribution in [-0.2, 0) is 4.79 Å². The summed E-state index contributed by atoms with van der Waals surface area (Å²) in [6.45, 7) is 4.49. The minimum Gasteiger partial charge on any atom is -0.492 e. The third-order valence-electron chi connectivity index (χ3n) is 4.78. The normalized spacial score (nSPS) is 15.3. The number of anilines is 2. The average Bonchev–Trinajstić information content (AvgIpc) is 3.27. The maximum absolute atomic E-state index is 12.7. The Morgan fingerprint density at radius 3 is 2.73 bits per heavy atom. The van der Waals surface area contributed by atoms with Crippen molar-refractivity contribution in [3.63, 3.8) is 0 Å². The second-order valence-corrected chi connectivity index (χ2v) is 7.97. The van der Waals surface area contributed by atoms with Crippen LogP contribution in [0.25, 0.3) is 0 Å². The van der Waals surface area contributed by atoms with Gasteiger partial charge in [-0.25, -0.2) is 0 Å². The predicted octanol–water partition coefficient (Wildman–Crippen LogP) is 4.50. The van der Waals surface area contributed by atoms with Gasteiger partial charge in [-0.05, 0) is 49.6 Å². The molecule has 1 aliphatic rings. The summed E-state index contributed by atoms with van der Waals surface area (Å²) < 4.78 is 11.6. The number of nitrogens with one attached hydrogen (secondary N) is 1. The first-order chi connectivity index (χ1) is 14.5. The van der Waals surface area contributed by atoms with Crippen molar-refractivity contribution < 1.29 is 19.1 Å². The van der Waals surface area contributed by atoms with Gasteiger partial charge in [0.15, 0.2) is 6.10 Å². The Morgan fingerprint density at radius 1 is 1.20 bits per heavy atom. The molecule has 2 amide bonds. The summed E-state index contributed by atoms with van der Waals surface area (Å²) in [5.74, 6) is 1.03. The van der Waals surface area contributed by atoms with E-state index < -0.39 is 6.10 Å². The van der Waals surface area contributed by atoms with Crippen molar-refractivity contribution in [2.24, 2.45) is 0 Å². The number of benzene rings is 2. The molecule has 0 spiro atoms. The highest BCUT2D eigenvalue weighted by molar-refractivity contribution is 7.12. The molecule has 1 aromatic heterocycles. The number of hydrogen-bond donors (Lipinski definition) is 1. The lowest BCUT2D eigenvalue weighted by molar-refractivity contribution is -0.125. The van der Waals surface area contributed by atoms with Crippen molar-refractivity contribution in [2.75, 3.05) is 23.4 Å². The summed E-state index contributed by atoms with van der Waals surface area (Å²) >= 11 is 1.38. The fraction of sp³-hybridized carbons (Fsp3) is 0.217. The highest BCUT2D eigenvalue weighted by atomic mass is 32.1. The molecule has 0 saturated carbocycles. The predicted molar refractivity (Wildman–Crippen MR) is 118 cm³/mol. The molecule has 7 heteroatoms. The van der Waals surface area contributed by atoms with Crippen molar-refractivity contribution in [3.8, 4) is 11.5 Å². The van der Waals surface area contributed by atoms with Crippen LogP contribution in [0, 0.1) is 6.92 Å². The Balaban J connectivity index is 1.47. The Labute approximate surface area is 179 Å². The van der Waals surface area contributed by atoms with E-state index in [0.29, 0.717) is 35.2 Å². The topological polar surface area (TPSA) is 67.9 Å². The molecule has 30 heavy (non-hydrogen) atoms. The Kier molecular flexibility index (Phi) is 5.72. The van der Waals surface area contributed by atoms with Crippen LogP contribution in [0.5, 0.6) is 11.5 Å². The molecular formula is C23H22N2O4S. The van der Waals surface area contributed by atoms with E-state index in [2.05, 4.69) is 5.32 Å². The zero-order valence-electron chi connectivity index (χ0n) is 16.8. The molecule has 0 fully saturated rings. The van der Waals surface area contributed by atoms with Crippen molar-refractivity contribution >= 4 is 34.5 Å². The maximum Gasteiger partial charge on any atom is 0.267 e. The first-order valence-electron chi connectivity index (χ1n) is 9.67. The average molecular weight is 423 g/mol. The Hall–Kier alpha value is -3.32. The first-order valence-corrected chi connectivity index (χ1v) is 10.6. The van der Waals surface area contributed by atoms with Gasteiger partial charge in [-0.3, -0.25) is 9.59 Å². The third-order valence-corrected chi connectivity index (χ3v) is 5.64. The van der Waals surface area contributed by atoms with Crippen molar-refractivity contribution in [2.45, 2.75) is 20.0 Å². The summed E-state index contributed by atoms with van der Waals surface area (Å²) in [5.41, 5.74) is 2.44. The standard InChI is InChI=1S/C23H22N2O4S/c1-15-5-8-18(9-6-15)28-12-11-25-19-10-7-17(14-20(19)29-16(2)23(25)27)24-22(26)21-4-3-13-30-21/h3-10,13-14,16H,11-12H2,1-2H3,(H,24,26). The molecular weight excluding hydrogens is 400 g/mol. The van der Waals surface area contributed by atoms with Crippen LogP contribution in [0.1, 0.15) is 22.2 Å². The summed E-state index contributed by atoms with van der Waals surface area (Å²) in [5, 5.41) is 4.72. The van der Waals surface area contributed by atoms with Gasteiger partial charge in [0.25, 0.3) is 11.8 Å². The van der Waals surface area contributed by atoms with E-state index in [-0.39, 0.29) is 11.8 Å². The van der Waals surface area contributed by atoms with E-state index in [4.69, 9.17) is 9.47 Å². The minimum absolute atomic E-state index is 0.120. The number of ether oxygens (including phenoxy) is 2. The second kappa shape index (κ2) is 8.59. The van der Waals surface area contributed by atoms with Gasteiger partial charge < -0.3 is 19.7 Å². The van der Waals surface area contributed by atoms with Gasteiger partial charge in [0.2, 0.25) is 0 Å². The Bertz CT molecular complexity index is 1050. The van der Waals surface area contributed by atoms with E-state index >= 15 is 0 Å². The van der Waals surface area contributed by atoms with Gasteiger partial charge in [-0.2, -0.15) is 0 Å². The molecule has 0 radical (unpaired) electrons. The molecule has 1 N–H and O–H groups in total. The smallest absolute Gasteiger partial charge is 0.267 e. The molecule has 1 atom stereocenters. The van der Waals surface area contributed by atoms with Crippen LogP contribution in [0.2, 0.25) is 0 Å². The van der Waals surface area contributed by atoms with Crippen molar-refractivity contribution in [3.05, 3.63) is 70.4 Å². The van der Waals surface area contributed by atoms with Crippen LogP contribution in [0.4, 0.5) is 11.4 Å². The number of thiophene rings is 1. The van der Waals surface area contributed by atoms with Crippen LogP contribution >= 0.6 is 11.3 Å². The van der Waals surface area contributed by atoms with Gasteiger partial charge in [0.05, 0.1) is 17.1 Å². The Morgan fingerprint density at radius 2 is 2.00 bits per heavy atom. The summed E-state index contributed by atoms with van der Waals surface area (Å²) in [4.78, 5) is 27.3. The summed E-state index contributed by atoms with van der Waals surface area (Å²) in [6.07, 6.45) is -0.611. The highest BCUT2D eigenvalue weighted by Crippen LogP contribution is 2.36. The van der Waals surface area contributed by atoms with Gasteiger partial charge in [-0.1, -0.05) is 23.8 Å². The maximum atomic E-state index is 12.7. The SMILES string of the molecule is Cc1ccc(OCCN2C(=O)C(C)Oc3cc(NC(=O)c4cccs4)ccc32)cc1. The zero-order chi connectivity index (χ0) is 21.1. The number of carbonyl (C=O) groups excluding carboxylic acids is 2. The number of fused-ring (bicyclic) bond motifs is 1. The van der Waals surface area contributed by atoms with Gasteiger partial charge in [-0.15, -0.1) is 11.3 Å².